The zero-order valence-electron chi connectivity index (χ0n) is 11.6. The monoisotopic (exact) mass is 297 g/mol. The molecule has 1 aliphatic rings. The van der Waals surface area contributed by atoms with Gasteiger partial charge >= 0.3 is 0 Å². The Balaban J connectivity index is 1.77. The molecule has 2 N–H and O–H groups in total. The van der Waals surface area contributed by atoms with Crippen LogP contribution in [0.25, 0.3) is 0 Å². The van der Waals surface area contributed by atoms with Crippen molar-refractivity contribution in [1.29, 1.82) is 0 Å². The van der Waals surface area contributed by atoms with Crippen LogP contribution in [0, 0.1) is 5.92 Å². The van der Waals surface area contributed by atoms with Gasteiger partial charge in [-0.15, -0.1) is 0 Å². The van der Waals surface area contributed by atoms with Crippen molar-refractivity contribution in [3.63, 3.8) is 0 Å². The first-order valence-corrected chi connectivity index (χ1v) is 7.20. The van der Waals surface area contributed by atoms with Crippen molar-refractivity contribution in [3.8, 4) is 0 Å². The number of anilines is 1. The molecule has 20 heavy (non-hydrogen) atoms. The minimum Gasteiger partial charge on any atom is -0.393 e. The number of likely N-dealkylation sites (N-methyl/N-ethyl adjacent to an activating group) is 1. The van der Waals surface area contributed by atoms with Crippen LogP contribution >= 0.6 is 11.6 Å². The highest BCUT2D eigenvalue weighted by Crippen LogP contribution is 2.25. The molecule has 0 bridgehead atoms. The molecule has 1 fully saturated rings. The Hall–Kier alpha value is -1.17. The molecule has 1 heterocycles. The van der Waals surface area contributed by atoms with E-state index in [1.165, 1.54) is 6.20 Å². The second kappa shape index (κ2) is 7.02. The van der Waals surface area contributed by atoms with E-state index in [1.807, 2.05) is 11.9 Å². The molecule has 2 rings (SSSR count). The van der Waals surface area contributed by atoms with Crippen LogP contribution in [0.1, 0.15) is 19.3 Å². The van der Waals surface area contributed by atoms with Gasteiger partial charge in [0.2, 0.25) is 5.91 Å². The molecule has 1 amide bonds. The summed E-state index contributed by atoms with van der Waals surface area (Å²) in [5.41, 5.74) is 0. The summed E-state index contributed by atoms with van der Waals surface area (Å²) < 4.78 is 0. The van der Waals surface area contributed by atoms with Crippen LogP contribution in [0.5, 0.6) is 0 Å². The number of aliphatic hydroxyl groups is 1. The summed E-state index contributed by atoms with van der Waals surface area (Å²) in [6.07, 6.45) is 4.25. The third kappa shape index (κ3) is 4.44. The van der Waals surface area contributed by atoms with Gasteiger partial charge in [-0.1, -0.05) is 18.0 Å². The Labute approximate surface area is 123 Å². The third-order valence-corrected chi connectivity index (χ3v) is 3.80. The van der Waals surface area contributed by atoms with Gasteiger partial charge in [0.15, 0.2) is 0 Å². The number of nitrogens with one attached hydrogen (secondary N) is 1. The molecular formula is C14H20ClN3O2. The second-order valence-corrected chi connectivity index (χ2v) is 5.80. The molecule has 0 aromatic carbocycles. The Bertz CT molecular complexity index is 452. The van der Waals surface area contributed by atoms with Crippen molar-refractivity contribution in [2.45, 2.75) is 25.4 Å². The maximum Gasteiger partial charge on any atom is 0.239 e. The van der Waals surface area contributed by atoms with Crippen molar-refractivity contribution >= 4 is 23.3 Å². The molecule has 2 atom stereocenters. The van der Waals surface area contributed by atoms with Crippen molar-refractivity contribution in [1.82, 2.24) is 9.88 Å². The summed E-state index contributed by atoms with van der Waals surface area (Å²) >= 11 is 5.73. The first-order valence-electron chi connectivity index (χ1n) is 6.82. The lowest BCUT2D eigenvalue weighted by atomic mass is 10.1. The smallest absolute Gasteiger partial charge is 0.239 e. The van der Waals surface area contributed by atoms with Gasteiger partial charge in [0.25, 0.3) is 0 Å². The number of carbonyl (C=O) groups excluding carboxylic acids is 1. The normalized spacial score (nSPS) is 22.2. The van der Waals surface area contributed by atoms with Crippen molar-refractivity contribution in [2.75, 3.05) is 25.5 Å². The highest BCUT2D eigenvalue weighted by Gasteiger charge is 2.26. The van der Waals surface area contributed by atoms with Crippen molar-refractivity contribution in [3.05, 3.63) is 23.4 Å². The average molecular weight is 298 g/mol. The van der Waals surface area contributed by atoms with E-state index in [9.17, 15) is 9.90 Å². The Morgan fingerprint density at radius 2 is 2.35 bits per heavy atom. The van der Waals surface area contributed by atoms with Gasteiger partial charge in [-0.25, -0.2) is 4.98 Å². The predicted molar refractivity (Wildman–Crippen MR) is 78.7 cm³/mol. The molecule has 2 unspecified atom stereocenters. The van der Waals surface area contributed by atoms with Crippen LogP contribution in [-0.4, -0.2) is 47.1 Å². The molecule has 1 aromatic rings. The average Bonchev–Trinajstić information content (AvgIpc) is 2.77. The maximum atomic E-state index is 11.9. The minimum absolute atomic E-state index is 0.116. The van der Waals surface area contributed by atoms with E-state index in [-0.39, 0.29) is 24.5 Å². The number of halogens is 1. The Morgan fingerprint density at radius 3 is 2.95 bits per heavy atom. The predicted octanol–water partition coefficient (Wildman–Crippen LogP) is 1.77. The fourth-order valence-electron chi connectivity index (χ4n) is 2.57. The van der Waals surface area contributed by atoms with E-state index >= 15 is 0 Å². The third-order valence-electron chi connectivity index (χ3n) is 3.57. The highest BCUT2D eigenvalue weighted by molar-refractivity contribution is 6.30. The van der Waals surface area contributed by atoms with E-state index < -0.39 is 0 Å². The summed E-state index contributed by atoms with van der Waals surface area (Å²) in [6, 6.07) is 3.35. The quantitative estimate of drug-likeness (QED) is 0.869. The molecule has 6 heteroatoms. The number of aromatic nitrogens is 1. The van der Waals surface area contributed by atoms with Gasteiger partial charge in [0.1, 0.15) is 5.82 Å². The van der Waals surface area contributed by atoms with E-state index in [1.54, 1.807) is 12.1 Å². The molecule has 0 spiro atoms. The molecule has 0 radical (unpaired) electrons. The first kappa shape index (κ1) is 15.2. The SMILES string of the molecule is CN(CC(=O)Nc1ccc(Cl)cn1)CC1CCCC1O. The summed E-state index contributed by atoms with van der Waals surface area (Å²) in [4.78, 5) is 17.8. The van der Waals surface area contributed by atoms with Crippen LogP contribution < -0.4 is 5.32 Å². The number of pyridine rings is 1. The molecular weight excluding hydrogens is 278 g/mol. The van der Waals surface area contributed by atoms with E-state index in [0.717, 1.165) is 25.8 Å². The van der Waals surface area contributed by atoms with Crippen LogP contribution in [0.3, 0.4) is 0 Å². The second-order valence-electron chi connectivity index (χ2n) is 5.36. The minimum atomic E-state index is -0.224. The molecule has 1 aliphatic carbocycles. The van der Waals surface area contributed by atoms with Gasteiger partial charge < -0.3 is 10.4 Å². The van der Waals surface area contributed by atoms with Crippen LogP contribution in [0.2, 0.25) is 5.02 Å². The van der Waals surface area contributed by atoms with Gasteiger partial charge in [-0.05, 0) is 37.9 Å². The first-order chi connectivity index (χ1) is 9.54. The molecule has 5 nitrogen and oxygen atoms in total. The molecule has 110 valence electrons. The van der Waals surface area contributed by atoms with Gasteiger partial charge in [0, 0.05) is 12.7 Å². The standard InChI is InChI=1S/C14H20ClN3O2/c1-18(8-10-3-2-4-12(10)19)9-14(20)17-13-6-5-11(15)7-16-13/h5-7,10,12,19H,2-4,8-9H2,1H3,(H,16,17,20). The topological polar surface area (TPSA) is 65.5 Å². The highest BCUT2D eigenvalue weighted by atomic mass is 35.5. The summed E-state index contributed by atoms with van der Waals surface area (Å²) in [7, 11) is 1.89. The van der Waals surface area contributed by atoms with Crippen LogP contribution in [0.4, 0.5) is 5.82 Å². The van der Waals surface area contributed by atoms with Crippen molar-refractivity contribution in [2.24, 2.45) is 5.92 Å². The zero-order valence-corrected chi connectivity index (χ0v) is 12.3. The number of amides is 1. The van der Waals surface area contributed by atoms with Crippen molar-refractivity contribution < 1.29 is 9.90 Å². The van der Waals surface area contributed by atoms with Gasteiger partial charge in [-0.2, -0.15) is 0 Å². The summed E-state index contributed by atoms with van der Waals surface area (Å²) in [5, 5.41) is 13.0. The van der Waals surface area contributed by atoms with E-state index in [2.05, 4.69) is 10.3 Å². The lowest BCUT2D eigenvalue weighted by Crippen LogP contribution is -2.35. The maximum absolute atomic E-state index is 11.9. The molecule has 0 aliphatic heterocycles. The van der Waals surface area contributed by atoms with Crippen LogP contribution in [0.15, 0.2) is 18.3 Å². The molecule has 1 aromatic heterocycles. The molecule has 1 saturated carbocycles. The lowest BCUT2D eigenvalue weighted by Gasteiger charge is -2.22. The fourth-order valence-corrected chi connectivity index (χ4v) is 2.68. The van der Waals surface area contributed by atoms with Crippen LogP contribution in [-0.2, 0) is 4.79 Å². The number of rotatable bonds is 5. The van der Waals surface area contributed by atoms with Gasteiger partial charge in [0.05, 0.1) is 17.7 Å². The van der Waals surface area contributed by atoms with E-state index in [4.69, 9.17) is 11.6 Å². The van der Waals surface area contributed by atoms with E-state index in [0.29, 0.717) is 10.8 Å². The largest absolute Gasteiger partial charge is 0.393 e. The number of aliphatic hydroxyl groups excluding tert-OH is 1. The number of hydrogen-bond acceptors (Lipinski definition) is 4. The number of hydrogen-bond donors (Lipinski definition) is 2. The lowest BCUT2D eigenvalue weighted by molar-refractivity contribution is -0.117. The number of carbonyl (C=O) groups is 1. The number of nitrogens with zero attached hydrogens (tertiary/aromatic N) is 2. The summed E-state index contributed by atoms with van der Waals surface area (Å²) in [5.74, 6) is 0.657. The Morgan fingerprint density at radius 1 is 1.55 bits per heavy atom. The zero-order chi connectivity index (χ0) is 14.5. The fraction of sp³-hybridized carbons (Fsp3) is 0.571. The van der Waals surface area contributed by atoms with Gasteiger partial charge in [-0.3, -0.25) is 9.69 Å². The Kier molecular flexibility index (Phi) is 5.34. The molecule has 0 saturated heterocycles. The summed E-state index contributed by atoms with van der Waals surface area (Å²) in [6.45, 7) is 1.02.